The molecule has 0 saturated heterocycles. The van der Waals surface area contributed by atoms with Gasteiger partial charge in [-0.05, 0) is 59.1 Å². The zero-order chi connectivity index (χ0) is 14.0. The molecule has 0 atom stereocenters. The van der Waals surface area contributed by atoms with Crippen LogP contribution < -0.4 is 11.1 Å². The van der Waals surface area contributed by atoms with Crippen molar-refractivity contribution in [2.45, 2.75) is 13.8 Å². The van der Waals surface area contributed by atoms with Crippen LogP contribution in [0.1, 0.15) is 16.7 Å². The van der Waals surface area contributed by atoms with Crippen molar-refractivity contribution in [3.8, 4) is 0 Å². The molecule has 0 unspecified atom stereocenters. The number of nitrogens with two attached hydrogens (primary N) is 1. The second kappa shape index (κ2) is 5.72. The first kappa shape index (κ1) is 14.0. The Hall–Kier alpha value is -1.39. The van der Waals surface area contributed by atoms with E-state index in [0.717, 1.165) is 27.0 Å². The molecule has 0 fully saturated rings. The maximum Gasteiger partial charge on any atom is 0.106 e. The summed E-state index contributed by atoms with van der Waals surface area (Å²) in [6, 6.07) is 12.1. The summed E-state index contributed by atoms with van der Waals surface area (Å²) in [7, 11) is 0. The average Bonchev–Trinajstić information content (AvgIpc) is 2.35. The molecule has 3 N–H and O–H groups in total. The van der Waals surface area contributed by atoms with Gasteiger partial charge in [0.15, 0.2) is 0 Å². The molecule has 0 radical (unpaired) electrons. The van der Waals surface area contributed by atoms with Gasteiger partial charge in [0, 0.05) is 10.0 Å². The Kier molecular flexibility index (Phi) is 4.22. The molecule has 0 bridgehead atoms. The van der Waals surface area contributed by atoms with Crippen LogP contribution in [0, 0.1) is 13.8 Å². The van der Waals surface area contributed by atoms with Crippen molar-refractivity contribution < 1.29 is 0 Å². The van der Waals surface area contributed by atoms with Crippen molar-refractivity contribution in [2.75, 3.05) is 5.32 Å². The van der Waals surface area contributed by atoms with E-state index in [1.807, 2.05) is 31.2 Å². The normalized spacial score (nSPS) is 10.3. The van der Waals surface area contributed by atoms with E-state index < -0.39 is 0 Å². The lowest BCUT2D eigenvalue weighted by Crippen LogP contribution is -2.12. The summed E-state index contributed by atoms with van der Waals surface area (Å²) in [5.41, 5.74) is 10.9. The van der Waals surface area contributed by atoms with Crippen molar-refractivity contribution in [1.82, 2.24) is 0 Å². The Bertz CT molecular complexity index is 638. The fraction of sp³-hybridized carbons (Fsp3) is 0.133. The van der Waals surface area contributed by atoms with E-state index >= 15 is 0 Å². The van der Waals surface area contributed by atoms with Crippen LogP contribution in [0.3, 0.4) is 0 Å². The third kappa shape index (κ3) is 3.14. The predicted molar refractivity (Wildman–Crippen MR) is 89.2 cm³/mol. The second-order valence-corrected chi connectivity index (χ2v) is 5.76. The van der Waals surface area contributed by atoms with Gasteiger partial charge in [0.1, 0.15) is 4.99 Å². The summed E-state index contributed by atoms with van der Waals surface area (Å²) >= 11 is 8.66. The quantitative estimate of drug-likeness (QED) is 0.814. The lowest BCUT2D eigenvalue weighted by atomic mass is 10.1. The Morgan fingerprint density at radius 1 is 1.21 bits per heavy atom. The van der Waals surface area contributed by atoms with Crippen LogP contribution in [0.4, 0.5) is 11.4 Å². The highest BCUT2D eigenvalue weighted by Crippen LogP contribution is 2.30. The van der Waals surface area contributed by atoms with Gasteiger partial charge >= 0.3 is 0 Å². The van der Waals surface area contributed by atoms with Crippen LogP contribution in [0.25, 0.3) is 0 Å². The van der Waals surface area contributed by atoms with Crippen LogP contribution in [-0.2, 0) is 0 Å². The molecule has 98 valence electrons. The predicted octanol–water partition coefficient (Wildman–Crippen LogP) is 4.44. The Labute approximate surface area is 127 Å². The van der Waals surface area contributed by atoms with Crippen LogP contribution in [-0.4, -0.2) is 4.99 Å². The first-order valence-electron chi connectivity index (χ1n) is 5.91. The highest BCUT2D eigenvalue weighted by molar-refractivity contribution is 9.10. The highest BCUT2D eigenvalue weighted by atomic mass is 79.9. The van der Waals surface area contributed by atoms with Gasteiger partial charge in [0.25, 0.3) is 0 Å². The zero-order valence-electron chi connectivity index (χ0n) is 10.8. The minimum Gasteiger partial charge on any atom is -0.389 e. The van der Waals surface area contributed by atoms with Crippen LogP contribution in [0.2, 0.25) is 0 Å². The number of aryl methyl sites for hydroxylation is 2. The number of hydrogen-bond donors (Lipinski definition) is 2. The summed E-state index contributed by atoms with van der Waals surface area (Å²) in [5, 5.41) is 3.42. The van der Waals surface area contributed by atoms with Gasteiger partial charge in [-0.1, -0.05) is 30.4 Å². The third-order valence-electron chi connectivity index (χ3n) is 2.92. The van der Waals surface area contributed by atoms with Gasteiger partial charge in [-0.25, -0.2) is 0 Å². The molecule has 0 aromatic heterocycles. The largest absolute Gasteiger partial charge is 0.389 e. The first-order chi connectivity index (χ1) is 8.99. The molecular formula is C15H15BrN2S. The number of benzene rings is 2. The monoisotopic (exact) mass is 334 g/mol. The molecule has 0 spiro atoms. The van der Waals surface area contributed by atoms with Crippen molar-refractivity contribution in [1.29, 1.82) is 0 Å². The number of para-hydroxylation sites is 1. The molecule has 0 heterocycles. The molecule has 0 saturated carbocycles. The molecule has 2 aromatic carbocycles. The molecule has 0 aliphatic rings. The average molecular weight is 335 g/mol. The van der Waals surface area contributed by atoms with Gasteiger partial charge in [-0.3, -0.25) is 0 Å². The number of nitrogens with one attached hydrogen (secondary N) is 1. The summed E-state index contributed by atoms with van der Waals surface area (Å²) in [6.07, 6.45) is 0. The van der Waals surface area contributed by atoms with Gasteiger partial charge in [-0.2, -0.15) is 0 Å². The smallest absolute Gasteiger partial charge is 0.106 e. The van der Waals surface area contributed by atoms with Crippen molar-refractivity contribution in [3.63, 3.8) is 0 Å². The molecule has 19 heavy (non-hydrogen) atoms. The van der Waals surface area contributed by atoms with Crippen molar-refractivity contribution >= 4 is 44.5 Å². The third-order valence-corrected chi connectivity index (χ3v) is 3.83. The van der Waals surface area contributed by atoms with E-state index in [4.69, 9.17) is 18.0 Å². The second-order valence-electron chi connectivity index (χ2n) is 4.47. The number of thiocarbonyl (C=S) groups is 1. The van der Waals surface area contributed by atoms with E-state index in [9.17, 15) is 0 Å². The lowest BCUT2D eigenvalue weighted by Gasteiger charge is -2.15. The number of anilines is 2. The topological polar surface area (TPSA) is 38.0 Å². The van der Waals surface area contributed by atoms with Crippen LogP contribution in [0.15, 0.2) is 40.9 Å². The molecule has 4 heteroatoms. The van der Waals surface area contributed by atoms with Gasteiger partial charge in [-0.15, -0.1) is 0 Å². The molecule has 2 rings (SSSR count). The Morgan fingerprint density at radius 3 is 2.63 bits per heavy atom. The van der Waals surface area contributed by atoms with Crippen molar-refractivity contribution in [3.05, 3.63) is 57.6 Å². The fourth-order valence-corrected chi connectivity index (χ4v) is 2.42. The van der Waals surface area contributed by atoms with Crippen LogP contribution in [0.5, 0.6) is 0 Å². The molecule has 0 amide bonds. The highest BCUT2D eigenvalue weighted by Gasteiger charge is 2.09. The van der Waals surface area contributed by atoms with E-state index in [1.54, 1.807) is 0 Å². The first-order valence-corrected chi connectivity index (χ1v) is 7.12. The van der Waals surface area contributed by atoms with Gasteiger partial charge < -0.3 is 11.1 Å². The van der Waals surface area contributed by atoms with E-state index in [-0.39, 0.29) is 0 Å². The molecule has 2 aromatic rings. The molecule has 2 nitrogen and oxygen atoms in total. The summed E-state index contributed by atoms with van der Waals surface area (Å²) < 4.78 is 1.01. The van der Waals surface area contributed by atoms with Gasteiger partial charge in [0.2, 0.25) is 0 Å². The van der Waals surface area contributed by atoms with E-state index in [2.05, 4.69) is 40.3 Å². The number of halogens is 1. The Balaban J connectivity index is 2.49. The number of hydrogen-bond acceptors (Lipinski definition) is 2. The van der Waals surface area contributed by atoms with Crippen molar-refractivity contribution in [2.24, 2.45) is 5.73 Å². The number of rotatable bonds is 3. The summed E-state index contributed by atoms with van der Waals surface area (Å²) in [5.74, 6) is 0. The molecule has 0 aliphatic carbocycles. The minimum absolute atomic E-state index is 0.398. The zero-order valence-corrected chi connectivity index (χ0v) is 13.2. The van der Waals surface area contributed by atoms with E-state index in [1.165, 1.54) is 5.56 Å². The maximum atomic E-state index is 5.78. The van der Waals surface area contributed by atoms with E-state index in [0.29, 0.717) is 4.99 Å². The fourth-order valence-electron chi connectivity index (χ4n) is 1.91. The summed E-state index contributed by atoms with van der Waals surface area (Å²) in [4.78, 5) is 0.398. The standard InChI is InChI=1S/C15H15BrN2S/c1-9-6-7-12(16)13(8-9)18-14-10(2)4-3-5-11(14)15(17)19/h3-8,18H,1-2H3,(H2,17,19). The van der Waals surface area contributed by atoms with Crippen LogP contribution >= 0.6 is 28.1 Å². The maximum absolute atomic E-state index is 5.78. The molecular weight excluding hydrogens is 320 g/mol. The molecule has 0 aliphatic heterocycles. The van der Waals surface area contributed by atoms with Gasteiger partial charge in [0.05, 0.1) is 11.4 Å². The summed E-state index contributed by atoms with van der Waals surface area (Å²) in [6.45, 7) is 4.09. The SMILES string of the molecule is Cc1ccc(Br)c(Nc2c(C)cccc2C(N)=S)c1. The lowest BCUT2D eigenvalue weighted by molar-refractivity contribution is 1.39. The minimum atomic E-state index is 0.398. The Morgan fingerprint density at radius 2 is 1.95 bits per heavy atom.